The van der Waals surface area contributed by atoms with Crippen LogP contribution in [0, 0.1) is 25.2 Å². The van der Waals surface area contributed by atoms with Crippen molar-refractivity contribution in [2.45, 2.75) is 26.8 Å². The van der Waals surface area contributed by atoms with Crippen LogP contribution in [0.3, 0.4) is 0 Å². The molecule has 1 aromatic heterocycles. The van der Waals surface area contributed by atoms with E-state index in [0.717, 1.165) is 30.9 Å². The topological polar surface area (TPSA) is 79.7 Å². The van der Waals surface area contributed by atoms with Crippen LogP contribution < -0.4 is 11.1 Å². The van der Waals surface area contributed by atoms with Crippen molar-refractivity contribution < 1.29 is 0 Å². The molecule has 3 N–H and O–H groups in total. The number of nitrogens with zero attached hydrogens (tertiary/aromatic N) is 3. The standard InChI is InChI=1S/C15H19N5/c1-11-8-12(2)20(19-11)7-3-6-18-15-9-13(10-16)4-5-14(15)17/h4-5,8-9,18H,3,6-7,17H2,1-2H3. The maximum absolute atomic E-state index is 8.88. The van der Waals surface area contributed by atoms with Gasteiger partial charge in [-0.25, -0.2) is 0 Å². The number of hydrogen-bond acceptors (Lipinski definition) is 4. The number of aryl methyl sites for hydroxylation is 3. The number of nitrogens with two attached hydrogens (primary N) is 1. The molecule has 1 aromatic carbocycles. The summed E-state index contributed by atoms with van der Waals surface area (Å²) in [5.41, 5.74) is 10.2. The number of rotatable bonds is 5. The first-order valence-electron chi connectivity index (χ1n) is 6.64. The maximum Gasteiger partial charge on any atom is 0.0992 e. The van der Waals surface area contributed by atoms with E-state index in [-0.39, 0.29) is 0 Å². The highest BCUT2D eigenvalue weighted by atomic mass is 15.3. The lowest BCUT2D eigenvalue weighted by molar-refractivity contribution is 0.574. The third-order valence-electron chi connectivity index (χ3n) is 3.15. The van der Waals surface area contributed by atoms with Crippen molar-refractivity contribution in [2.24, 2.45) is 0 Å². The fourth-order valence-corrected chi connectivity index (χ4v) is 2.13. The minimum atomic E-state index is 0.611. The quantitative estimate of drug-likeness (QED) is 0.645. The zero-order valence-electron chi connectivity index (χ0n) is 11.8. The summed E-state index contributed by atoms with van der Waals surface area (Å²) in [5, 5.41) is 16.6. The van der Waals surface area contributed by atoms with E-state index in [1.807, 2.05) is 11.6 Å². The van der Waals surface area contributed by atoms with Crippen molar-refractivity contribution in [3.8, 4) is 6.07 Å². The molecule has 0 bridgehead atoms. The molecular formula is C15H19N5. The van der Waals surface area contributed by atoms with E-state index in [1.165, 1.54) is 5.69 Å². The Morgan fingerprint density at radius 1 is 1.35 bits per heavy atom. The second-order valence-electron chi connectivity index (χ2n) is 4.84. The van der Waals surface area contributed by atoms with Gasteiger partial charge in [-0.3, -0.25) is 4.68 Å². The average molecular weight is 269 g/mol. The molecule has 0 amide bonds. The van der Waals surface area contributed by atoms with Crippen LogP contribution in [0.4, 0.5) is 11.4 Å². The van der Waals surface area contributed by atoms with E-state index in [2.05, 4.69) is 29.5 Å². The molecule has 104 valence electrons. The molecule has 0 unspecified atom stereocenters. The van der Waals surface area contributed by atoms with Gasteiger partial charge in [-0.05, 0) is 44.5 Å². The van der Waals surface area contributed by atoms with Crippen LogP contribution in [0.15, 0.2) is 24.3 Å². The van der Waals surface area contributed by atoms with Crippen LogP contribution in [0.1, 0.15) is 23.4 Å². The number of benzene rings is 1. The molecule has 0 atom stereocenters. The van der Waals surface area contributed by atoms with Gasteiger partial charge in [0, 0.05) is 18.8 Å². The zero-order chi connectivity index (χ0) is 14.5. The van der Waals surface area contributed by atoms with E-state index in [0.29, 0.717) is 11.3 Å². The van der Waals surface area contributed by atoms with Crippen LogP contribution >= 0.6 is 0 Å². The largest absolute Gasteiger partial charge is 0.397 e. The van der Waals surface area contributed by atoms with Crippen LogP contribution in [-0.2, 0) is 6.54 Å². The second-order valence-corrected chi connectivity index (χ2v) is 4.84. The van der Waals surface area contributed by atoms with Crippen molar-refractivity contribution in [1.82, 2.24) is 9.78 Å². The molecule has 0 aliphatic carbocycles. The summed E-state index contributed by atoms with van der Waals surface area (Å²) < 4.78 is 2.01. The van der Waals surface area contributed by atoms with Crippen LogP contribution in [-0.4, -0.2) is 16.3 Å². The minimum Gasteiger partial charge on any atom is -0.397 e. The zero-order valence-corrected chi connectivity index (χ0v) is 11.8. The van der Waals surface area contributed by atoms with Crippen molar-refractivity contribution in [3.05, 3.63) is 41.2 Å². The summed E-state index contributed by atoms with van der Waals surface area (Å²) in [7, 11) is 0. The fraction of sp³-hybridized carbons (Fsp3) is 0.333. The number of nitrogens with one attached hydrogen (secondary N) is 1. The smallest absolute Gasteiger partial charge is 0.0992 e. The molecule has 2 rings (SSSR count). The number of anilines is 2. The predicted octanol–water partition coefficient (Wildman–Crippen LogP) is 2.46. The highest BCUT2D eigenvalue weighted by Gasteiger charge is 2.02. The van der Waals surface area contributed by atoms with Gasteiger partial charge in [0.25, 0.3) is 0 Å². The first-order valence-corrected chi connectivity index (χ1v) is 6.64. The molecule has 1 heterocycles. The highest BCUT2D eigenvalue weighted by Crippen LogP contribution is 2.19. The third-order valence-corrected chi connectivity index (χ3v) is 3.15. The van der Waals surface area contributed by atoms with Gasteiger partial charge in [0.1, 0.15) is 0 Å². The van der Waals surface area contributed by atoms with Gasteiger partial charge in [-0.2, -0.15) is 10.4 Å². The Balaban J connectivity index is 1.87. The normalized spacial score (nSPS) is 10.2. The van der Waals surface area contributed by atoms with Gasteiger partial charge in [-0.15, -0.1) is 0 Å². The van der Waals surface area contributed by atoms with Crippen molar-refractivity contribution in [1.29, 1.82) is 5.26 Å². The Morgan fingerprint density at radius 3 is 2.80 bits per heavy atom. The molecule has 0 aliphatic rings. The first-order chi connectivity index (χ1) is 9.60. The molecule has 5 heteroatoms. The Bertz CT molecular complexity index is 636. The molecule has 0 radical (unpaired) electrons. The van der Waals surface area contributed by atoms with Crippen molar-refractivity contribution in [2.75, 3.05) is 17.6 Å². The van der Waals surface area contributed by atoms with E-state index in [4.69, 9.17) is 11.0 Å². The monoisotopic (exact) mass is 269 g/mol. The third kappa shape index (κ3) is 3.29. The minimum absolute atomic E-state index is 0.611. The molecule has 0 saturated carbocycles. The Kier molecular flexibility index (Phi) is 4.26. The Hall–Kier alpha value is -2.48. The second kappa shape index (κ2) is 6.11. The van der Waals surface area contributed by atoms with Crippen molar-refractivity contribution >= 4 is 11.4 Å². The maximum atomic E-state index is 8.88. The molecular weight excluding hydrogens is 250 g/mol. The summed E-state index contributed by atoms with van der Waals surface area (Å²) in [4.78, 5) is 0. The lowest BCUT2D eigenvalue weighted by atomic mass is 10.2. The molecule has 0 spiro atoms. The summed E-state index contributed by atoms with van der Waals surface area (Å²) in [6.45, 7) is 5.71. The number of aromatic nitrogens is 2. The van der Waals surface area contributed by atoms with E-state index < -0.39 is 0 Å². The van der Waals surface area contributed by atoms with E-state index in [9.17, 15) is 0 Å². The fourth-order valence-electron chi connectivity index (χ4n) is 2.13. The highest BCUT2D eigenvalue weighted by molar-refractivity contribution is 5.68. The lowest BCUT2D eigenvalue weighted by Gasteiger charge is -2.10. The summed E-state index contributed by atoms with van der Waals surface area (Å²) >= 11 is 0. The van der Waals surface area contributed by atoms with Gasteiger partial charge in [0.2, 0.25) is 0 Å². The van der Waals surface area contributed by atoms with Gasteiger partial charge in [0.05, 0.1) is 28.7 Å². The van der Waals surface area contributed by atoms with Gasteiger partial charge in [-0.1, -0.05) is 0 Å². The SMILES string of the molecule is Cc1cc(C)n(CCCNc2cc(C#N)ccc2N)n1. The van der Waals surface area contributed by atoms with Gasteiger partial charge in [0.15, 0.2) is 0 Å². The molecule has 0 fully saturated rings. The van der Waals surface area contributed by atoms with E-state index in [1.54, 1.807) is 18.2 Å². The molecule has 20 heavy (non-hydrogen) atoms. The molecule has 2 aromatic rings. The number of nitrogen functional groups attached to an aromatic ring is 1. The number of hydrogen-bond donors (Lipinski definition) is 2. The van der Waals surface area contributed by atoms with Gasteiger partial charge < -0.3 is 11.1 Å². The first kappa shape index (κ1) is 13.9. The lowest BCUT2D eigenvalue weighted by Crippen LogP contribution is -2.10. The van der Waals surface area contributed by atoms with Crippen molar-refractivity contribution in [3.63, 3.8) is 0 Å². The Labute approximate surface area is 119 Å². The van der Waals surface area contributed by atoms with Crippen LogP contribution in [0.5, 0.6) is 0 Å². The summed E-state index contributed by atoms with van der Waals surface area (Å²) in [6, 6.07) is 9.43. The van der Waals surface area contributed by atoms with Crippen LogP contribution in [0.2, 0.25) is 0 Å². The number of nitriles is 1. The molecule has 5 nitrogen and oxygen atoms in total. The van der Waals surface area contributed by atoms with E-state index >= 15 is 0 Å². The predicted molar refractivity (Wildman–Crippen MR) is 80.4 cm³/mol. The van der Waals surface area contributed by atoms with Crippen LogP contribution in [0.25, 0.3) is 0 Å². The van der Waals surface area contributed by atoms with Gasteiger partial charge >= 0.3 is 0 Å². The summed E-state index contributed by atoms with van der Waals surface area (Å²) in [6.07, 6.45) is 0.943. The molecule has 0 saturated heterocycles. The Morgan fingerprint density at radius 2 is 2.15 bits per heavy atom. The average Bonchev–Trinajstić information content (AvgIpc) is 2.75. The summed E-state index contributed by atoms with van der Waals surface area (Å²) in [5.74, 6) is 0. The molecule has 0 aliphatic heterocycles.